The van der Waals surface area contributed by atoms with Gasteiger partial charge in [0.2, 0.25) is 0 Å². The van der Waals surface area contributed by atoms with E-state index in [0.717, 1.165) is 41.4 Å². The summed E-state index contributed by atoms with van der Waals surface area (Å²) in [6, 6.07) is 9.45. The molecule has 2 aromatic rings. The largest absolute Gasteiger partial charge is 0.507 e. The number of hydrogen-bond acceptors (Lipinski definition) is 2. The molecule has 0 saturated carbocycles. The van der Waals surface area contributed by atoms with Crippen molar-refractivity contribution in [2.75, 3.05) is 13.1 Å². The molecule has 30 heavy (non-hydrogen) atoms. The van der Waals surface area contributed by atoms with E-state index in [0.29, 0.717) is 14.3 Å². The first-order chi connectivity index (χ1) is 13.9. The normalized spacial score (nSPS) is 16.5. The fraction of sp³-hybridized carbons (Fsp3) is 0.538. The molecule has 1 N–H and O–H groups in total. The van der Waals surface area contributed by atoms with Gasteiger partial charge in [-0.3, -0.25) is 4.90 Å². The van der Waals surface area contributed by atoms with Gasteiger partial charge in [-0.15, -0.1) is 0 Å². The molecule has 1 heterocycles. The second kappa shape index (κ2) is 8.97. The number of rotatable bonds is 4. The predicted octanol–water partition coefficient (Wildman–Crippen LogP) is 5.74. The molecule has 0 aromatic heterocycles. The van der Waals surface area contributed by atoms with E-state index in [1.165, 1.54) is 24.8 Å². The number of phenolic OH excluding ortho intramolecular Hbond substituents is 1. The number of benzene rings is 2. The van der Waals surface area contributed by atoms with E-state index in [-0.39, 0.29) is 16.6 Å². The molecular formula is C26H37FNOP. The molecule has 1 aliphatic heterocycles. The lowest BCUT2D eigenvalue weighted by molar-refractivity contribution is 0.221. The summed E-state index contributed by atoms with van der Waals surface area (Å²) in [7, 11) is 0.299. The summed E-state index contributed by atoms with van der Waals surface area (Å²) in [6.07, 6.45) is 3.73. The molecule has 0 bridgehead atoms. The fourth-order valence-corrected chi connectivity index (χ4v) is 5.30. The highest BCUT2D eigenvalue weighted by atomic mass is 31.1. The number of halogens is 1. The maximum Gasteiger partial charge on any atom is 0.127 e. The van der Waals surface area contributed by atoms with Crippen molar-refractivity contribution in [1.29, 1.82) is 0 Å². The Morgan fingerprint density at radius 1 is 0.900 bits per heavy atom. The zero-order valence-electron chi connectivity index (χ0n) is 19.4. The minimum absolute atomic E-state index is 0.00758. The standard InChI is InChI=1S/C26H37FNOP/c1-25(2,3)19-15-21(26(4,5)6)24(29)23(16-19)30-22-11-10-20(27)14-18(22)17-28-12-8-7-9-13-28/h10-11,14-16,29-30H,7-9,12-13,17H2,1-6H3. The zero-order valence-corrected chi connectivity index (χ0v) is 20.4. The first kappa shape index (κ1) is 23.2. The van der Waals surface area contributed by atoms with Crippen molar-refractivity contribution >= 4 is 19.2 Å². The number of likely N-dealkylation sites (tertiary alicyclic amines) is 1. The number of aromatic hydroxyl groups is 1. The van der Waals surface area contributed by atoms with Crippen molar-refractivity contribution in [3.8, 4) is 5.75 Å². The third kappa shape index (κ3) is 5.62. The molecule has 1 aliphatic rings. The van der Waals surface area contributed by atoms with Crippen LogP contribution in [0.25, 0.3) is 0 Å². The van der Waals surface area contributed by atoms with E-state index in [1.807, 2.05) is 6.07 Å². The lowest BCUT2D eigenvalue weighted by atomic mass is 9.80. The molecule has 0 spiro atoms. The Balaban J connectivity index is 2.01. The monoisotopic (exact) mass is 429 g/mol. The Labute approximate surface area is 183 Å². The summed E-state index contributed by atoms with van der Waals surface area (Å²) in [4.78, 5) is 2.43. The quantitative estimate of drug-likeness (QED) is 0.627. The van der Waals surface area contributed by atoms with Crippen LogP contribution in [0.3, 0.4) is 0 Å². The molecule has 2 nitrogen and oxygen atoms in total. The highest BCUT2D eigenvalue weighted by Gasteiger charge is 2.25. The molecule has 164 valence electrons. The van der Waals surface area contributed by atoms with Crippen LogP contribution in [-0.2, 0) is 17.4 Å². The molecule has 0 amide bonds. The molecule has 2 aromatic carbocycles. The number of piperidine rings is 1. The van der Waals surface area contributed by atoms with Crippen molar-refractivity contribution in [2.24, 2.45) is 0 Å². The minimum atomic E-state index is -0.182. The Morgan fingerprint density at radius 2 is 1.57 bits per heavy atom. The van der Waals surface area contributed by atoms with Gasteiger partial charge in [0.25, 0.3) is 0 Å². The topological polar surface area (TPSA) is 23.5 Å². The molecule has 4 heteroatoms. The van der Waals surface area contributed by atoms with Gasteiger partial charge < -0.3 is 5.11 Å². The molecule has 0 aliphatic carbocycles. The summed E-state index contributed by atoms with van der Waals surface area (Å²) in [5.74, 6) is 0.209. The van der Waals surface area contributed by atoms with E-state index in [1.54, 1.807) is 12.1 Å². The van der Waals surface area contributed by atoms with Crippen LogP contribution in [0.1, 0.15) is 77.5 Å². The van der Waals surface area contributed by atoms with Crippen molar-refractivity contribution in [1.82, 2.24) is 4.90 Å². The van der Waals surface area contributed by atoms with Crippen molar-refractivity contribution in [2.45, 2.75) is 78.2 Å². The van der Waals surface area contributed by atoms with Gasteiger partial charge in [-0.25, -0.2) is 4.39 Å². The first-order valence-electron chi connectivity index (χ1n) is 11.1. The van der Waals surface area contributed by atoms with E-state index in [2.05, 4.69) is 58.6 Å². The van der Waals surface area contributed by atoms with Crippen molar-refractivity contribution in [3.05, 3.63) is 52.8 Å². The van der Waals surface area contributed by atoms with Gasteiger partial charge in [-0.1, -0.05) is 68.7 Å². The highest BCUT2D eigenvalue weighted by molar-refractivity contribution is 7.55. The molecular weight excluding hydrogens is 392 g/mol. The van der Waals surface area contributed by atoms with Crippen LogP contribution in [0.5, 0.6) is 5.75 Å². The second-order valence-corrected chi connectivity index (χ2v) is 12.0. The summed E-state index contributed by atoms with van der Waals surface area (Å²) in [6.45, 7) is 16.0. The molecule has 0 radical (unpaired) electrons. The third-order valence-corrected chi connectivity index (χ3v) is 7.37. The minimum Gasteiger partial charge on any atom is -0.507 e. The van der Waals surface area contributed by atoms with Gasteiger partial charge >= 0.3 is 0 Å². The Morgan fingerprint density at radius 3 is 2.17 bits per heavy atom. The summed E-state index contributed by atoms with van der Waals surface area (Å²) in [5, 5.41) is 13.3. The molecule has 1 unspecified atom stereocenters. The van der Waals surface area contributed by atoms with Crippen molar-refractivity contribution < 1.29 is 9.50 Å². The van der Waals surface area contributed by atoms with Crippen LogP contribution in [-0.4, -0.2) is 23.1 Å². The van der Waals surface area contributed by atoms with Crippen LogP contribution < -0.4 is 10.6 Å². The van der Waals surface area contributed by atoms with Gasteiger partial charge in [-0.05, 0) is 71.4 Å². The molecule has 1 atom stereocenters. The van der Waals surface area contributed by atoms with E-state index in [4.69, 9.17) is 0 Å². The van der Waals surface area contributed by atoms with Gasteiger partial charge in [0.15, 0.2) is 0 Å². The van der Waals surface area contributed by atoms with Crippen LogP contribution >= 0.6 is 8.58 Å². The summed E-state index contributed by atoms with van der Waals surface area (Å²) < 4.78 is 14.1. The van der Waals surface area contributed by atoms with Crippen LogP contribution in [0.4, 0.5) is 4.39 Å². The zero-order chi connectivity index (χ0) is 22.1. The smallest absolute Gasteiger partial charge is 0.127 e. The summed E-state index contributed by atoms with van der Waals surface area (Å²) >= 11 is 0. The van der Waals surface area contributed by atoms with E-state index >= 15 is 0 Å². The van der Waals surface area contributed by atoms with Gasteiger partial charge in [0, 0.05) is 17.4 Å². The highest BCUT2D eigenvalue weighted by Crippen LogP contribution is 2.36. The van der Waals surface area contributed by atoms with E-state index in [9.17, 15) is 9.50 Å². The van der Waals surface area contributed by atoms with Crippen LogP contribution in [0.2, 0.25) is 0 Å². The SMILES string of the molecule is CC(C)(C)c1cc(Pc2ccc(F)cc2CN2CCCCC2)c(O)c(C(C)(C)C)c1. The average Bonchev–Trinajstić information content (AvgIpc) is 2.64. The number of nitrogens with zero attached hydrogens (tertiary/aromatic N) is 1. The number of phenols is 1. The molecule has 3 rings (SSSR count). The Bertz CT molecular complexity index is 889. The molecule has 1 fully saturated rings. The first-order valence-corrected chi connectivity index (χ1v) is 12.1. The third-order valence-electron chi connectivity index (χ3n) is 5.96. The Hall–Kier alpha value is -1.44. The van der Waals surface area contributed by atoms with Gasteiger partial charge in [0.05, 0.1) is 0 Å². The van der Waals surface area contributed by atoms with Gasteiger partial charge in [-0.2, -0.15) is 0 Å². The van der Waals surface area contributed by atoms with Gasteiger partial charge in [0.1, 0.15) is 11.6 Å². The number of hydrogen-bond donors (Lipinski definition) is 1. The van der Waals surface area contributed by atoms with E-state index < -0.39 is 0 Å². The fourth-order valence-electron chi connectivity index (χ4n) is 4.05. The van der Waals surface area contributed by atoms with Crippen LogP contribution in [0.15, 0.2) is 30.3 Å². The summed E-state index contributed by atoms with van der Waals surface area (Å²) in [5.41, 5.74) is 3.11. The van der Waals surface area contributed by atoms with Crippen LogP contribution in [0, 0.1) is 5.82 Å². The predicted molar refractivity (Wildman–Crippen MR) is 129 cm³/mol. The average molecular weight is 430 g/mol. The second-order valence-electron chi connectivity index (χ2n) is 10.7. The van der Waals surface area contributed by atoms with Crippen molar-refractivity contribution in [3.63, 3.8) is 0 Å². The maximum absolute atomic E-state index is 14.1. The maximum atomic E-state index is 14.1. The molecule has 1 saturated heterocycles. The Kier molecular flexibility index (Phi) is 6.94. The lowest BCUT2D eigenvalue weighted by Gasteiger charge is -2.29. The lowest BCUT2D eigenvalue weighted by Crippen LogP contribution is -2.31.